The number of carbonyl (C=O) groups excluding carboxylic acids is 1. The topological polar surface area (TPSA) is 75.7 Å². The first kappa shape index (κ1) is 17.6. The highest BCUT2D eigenvalue weighted by atomic mass is 32.2. The monoisotopic (exact) mass is 360 g/mol. The molecule has 0 aromatic heterocycles. The maximum absolute atomic E-state index is 12.8. The van der Waals surface area contributed by atoms with Crippen LogP contribution in [0.2, 0.25) is 0 Å². The molecule has 0 bridgehead atoms. The highest BCUT2D eigenvalue weighted by molar-refractivity contribution is 7.90. The number of hydrogen-bond acceptors (Lipinski definition) is 5. The van der Waals surface area contributed by atoms with E-state index in [1.165, 1.54) is 5.01 Å². The molecule has 1 amide bonds. The van der Waals surface area contributed by atoms with Crippen molar-refractivity contribution >= 4 is 15.7 Å². The van der Waals surface area contributed by atoms with E-state index in [9.17, 15) is 13.2 Å². The lowest BCUT2D eigenvalue weighted by molar-refractivity contribution is 0.0659. The molecule has 25 heavy (non-hydrogen) atoms. The fraction of sp³-hybridized carbons (Fsp3) is 0.278. The maximum atomic E-state index is 12.8. The third kappa shape index (κ3) is 4.25. The zero-order valence-electron chi connectivity index (χ0n) is 13.7. The average molecular weight is 360 g/mol. The van der Waals surface area contributed by atoms with Crippen molar-refractivity contribution in [3.63, 3.8) is 0 Å². The number of amides is 1. The molecule has 1 aliphatic rings. The Hall–Kier alpha value is -2.22. The molecule has 0 saturated carbocycles. The Kier molecular flexibility index (Phi) is 5.47. The van der Waals surface area contributed by atoms with Crippen molar-refractivity contribution in [2.45, 2.75) is 10.6 Å². The van der Waals surface area contributed by atoms with E-state index in [4.69, 9.17) is 4.74 Å². The summed E-state index contributed by atoms with van der Waals surface area (Å²) < 4.78 is 30.6. The van der Waals surface area contributed by atoms with Crippen LogP contribution in [0, 0.1) is 0 Å². The van der Waals surface area contributed by atoms with Gasteiger partial charge in [0.15, 0.2) is 9.84 Å². The quantitative estimate of drug-likeness (QED) is 0.897. The van der Waals surface area contributed by atoms with Gasteiger partial charge in [0.1, 0.15) is 0 Å². The summed E-state index contributed by atoms with van der Waals surface area (Å²) in [4.78, 5) is 13.1. The summed E-state index contributed by atoms with van der Waals surface area (Å²) >= 11 is 0. The molecule has 3 rings (SSSR count). The van der Waals surface area contributed by atoms with Crippen LogP contribution in [0.1, 0.15) is 15.9 Å². The highest BCUT2D eigenvalue weighted by Gasteiger charge is 2.23. The van der Waals surface area contributed by atoms with Gasteiger partial charge in [0.25, 0.3) is 5.91 Å². The molecular formula is C18H20N2O4S. The SMILES string of the molecule is O=C(c1ccccc1CS(=O)(=O)c1ccccc1)N1CCOCCN1. The Balaban J connectivity index is 1.87. The van der Waals surface area contributed by atoms with Crippen LogP contribution in [-0.4, -0.2) is 45.6 Å². The van der Waals surface area contributed by atoms with Crippen molar-refractivity contribution in [3.05, 3.63) is 65.7 Å². The standard InChI is InChI=1S/C18H20N2O4S/c21-18(20-11-13-24-12-10-19-20)17-9-5-4-6-15(17)14-25(22,23)16-7-2-1-3-8-16/h1-9,19H,10-14H2. The summed E-state index contributed by atoms with van der Waals surface area (Å²) in [7, 11) is -3.52. The minimum absolute atomic E-state index is 0.219. The minimum atomic E-state index is -3.52. The number of nitrogens with one attached hydrogen (secondary N) is 1. The summed E-state index contributed by atoms with van der Waals surface area (Å²) in [6.45, 7) is 1.94. The van der Waals surface area contributed by atoms with Gasteiger partial charge in [-0.15, -0.1) is 0 Å². The fourth-order valence-electron chi connectivity index (χ4n) is 2.68. The normalized spacial score (nSPS) is 15.6. The van der Waals surface area contributed by atoms with Crippen molar-refractivity contribution in [1.29, 1.82) is 0 Å². The number of carbonyl (C=O) groups is 1. The van der Waals surface area contributed by atoms with E-state index in [0.29, 0.717) is 37.4 Å². The first-order chi connectivity index (χ1) is 12.1. The Labute approximate surface area is 147 Å². The first-order valence-corrected chi connectivity index (χ1v) is 9.72. The minimum Gasteiger partial charge on any atom is -0.378 e. The van der Waals surface area contributed by atoms with Crippen LogP contribution in [0.4, 0.5) is 0 Å². The molecule has 0 unspecified atom stereocenters. The zero-order chi connectivity index (χ0) is 17.7. The van der Waals surface area contributed by atoms with E-state index in [0.717, 1.165) is 0 Å². The van der Waals surface area contributed by atoms with E-state index >= 15 is 0 Å². The highest BCUT2D eigenvalue weighted by Crippen LogP contribution is 2.20. The largest absolute Gasteiger partial charge is 0.378 e. The van der Waals surface area contributed by atoms with Crippen LogP contribution in [0.5, 0.6) is 0 Å². The maximum Gasteiger partial charge on any atom is 0.268 e. The van der Waals surface area contributed by atoms with Gasteiger partial charge in [-0.25, -0.2) is 13.8 Å². The van der Waals surface area contributed by atoms with Crippen LogP contribution in [0.25, 0.3) is 0 Å². The van der Waals surface area contributed by atoms with Gasteiger partial charge in [-0.3, -0.25) is 9.80 Å². The molecule has 132 valence electrons. The molecule has 1 N–H and O–H groups in total. The third-order valence-electron chi connectivity index (χ3n) is 3.95. The van der Waals surface area contributed by atoms with Gasteiger partial charge in [-0.1, -0.05) is 36.4 Å². The second-order valence-corrected chi connectivity index (χ2v) is 7.70. The molecule has 2 aromatic carbocycles. The van der Waals surface area contributed by atoms with Gasteiger partial charge in [-0.05, 0) is 23.8 Å². The summed E-state index contributed by atoms with van der Waals surface area (Å²) in [5.41, 5.74) is 3.89. The molecule has 7 heteroatoms. The smallest absolute Gasteiger partial charge is 0.268 e. The van der Waals surface area contributed by atoms with E-state index in [2.05, 4.69) is 5.43 Å². The number of ether oxygens (including phenoxy) is 1. The van der Waals surface area contributed by atoms with Gasteiger partial charge < -0.3 is 4.74 Å². The predicted octanol–water partition coefficient (Wildman–Crippen LogP) is 1.64. The lowest BCUT2D eigenvalue weighted by Gasteiger charge is -2.21. The van der Waals surface area contributed by atoms with E-state index in [1.807, 2.05) is 0 Å². The van der Waals surface area contributed by atoms with Crippen molar-refractivity contribution in [2.24, 2.45) is 0 Å². The third-order valence-corrected chi connectivity index (χ3v) is 5.63. The van der Waals surface area contributed by atoms with E-state index < -0.39 is 9.84 Å². The van der Waals surface area contributed by atoms with Crippen LogP contribution in [0.3, 0.4) is 0 Å². The Bertz CT molecular complexity index is 829. The Morgan fingerprint density at radius 2 is 1.76 bits per heavy atom. The van der Waals surface area contributed by atoms with Crippen molar-refractivity contribution in [2.75, 3.05) is 26.3 Å². The second kappa shape index (κ2) is 7.77. The number of rotatable bonds is 4. The van der Waals surface area contributed by atoms with E-state index in [-0.39, 0.29) is 16.6 Å². The summed E-state index contributed by atoms with van der Waals surface area (Å²) in [6.07, 6.45) is 0. The van der Waals surface area contributed by atoms with Crippen LogP contribution in [-0.2, 0) is 20.3 Å². The number of hydrogen-bond donors (Lipinski definition) is 1. The summed E-state index contributed by atoms with van der Waals surface area (Å²) in [6, 6.07) is 15.1. The Morgan fingerprint density at radius 1 is 1.04 bits per heavy atom. The number of hydrazine groups is 1. The van der Waals surface area contributed by atoms with Gasteiger partial charge in [0.2, 0.25) is 0 Å². The van der Waals surface area contributed by atoms with Crippen LogP contribution < -0.4 is 5.43 Å². The molecule has 2 aromatic rings. The molecule has 1 fully saturated rings. The number of sulfone groups is 1. The van der Waals surface area contributed by atoms with Crippen molar-refractivity contribution in [3.8, 4) is 0 Å². The van der Waals surface area contributed by atoms with Crippen LogP contribution in [0.15, 0.2) is 59.5 Å². The molecule has 1 heterocycles. The first-order valence-electron chi connectivity index (χ1n) is 8.07. The fourth-order valence-corrected chi connectivity index (χ4v) is 4.08. The lowest BCUT2D eigenvalue weighted by atomic mass is 10.1. The van der Waals surface area contributed by atoms with Gasteiger partial charge in [0.05, 0.1) is 30.4 Å². The molecule has 0 spiro atoms. The molecular weight excluding hydrogens is 340 g/mol. The number of benzene rings is 2. The van der Waals surface area contributed by atoms with Crippen molar-refractivity contribution < 1.29 is 17.9 Å². The summed E-state index contributed by atoms with van der Waals surface area (Å²) in [5.74, 6) is -0.465. The number of nitrogens with zero attached hydrogens (tertiary/aromatic N) is 1. The molecule has 0 aliphatic carbocycles. The Morgan fingerprint density at radius 3 is 2.56 bits per heavy atom. The molecule has 0 atom stereocenters. The zero-order valence-corrected chi connectivity index (χ0v) is 14.5. The van der Waals surface area contributed by atoms with Crippen LogP contribution >= 0.6 is 0 Å². The molecule has 0 radical (unpaired) electrons. The summed E-state index contributed by atoms with van der Waals surface area (Å²) in [5, 5.41) is 1.49. The van der Waals surface area contributed by atoms with Crippen molar-refractivity contribution in [1.82, 2.24) is 10.4 Å². The van der Waals surface area contributed by atoms with Gasteiger partial charge in [0, 0.05) is 12.1 Å². The lowest BCUT2D eigenvalue weighted by Crippen LogP contribution is -2.44. The van der Waals surface area contributed by atoms with Gasteiger partial charge in [-0.2, -0.15) is 0 Å². The predicted molar refractivity (Wildman–Crippen MR) is 93.6 cm³/mol. The second-order valence-electron chi connectivity index (χ2n) is 5.71. The average Bonchev–Trinajstić information content (AvgIpc) is 2.91. The molecule has 1 saturated heterocycles. The molecule has 1 aliphatic heterocycles. The van der Waals surface area contributed by atoms with E-state index in [1.54, 1.807) is 54.6 Å². The van der Waals surface area contributed by atoms with Gasteiger partial charge >= 0.3 is 0 Å². The molecule has 6 nitrogen and oxygen atoms in total.